The lowest BCUT2D eigenvalue weighted by Crippen LogP contribution is -2.31. The molecule has 7 heteroatoms. The molecule has 2 aromatic rings. The Morgan fingerprint density at radius 1 is 1.27 bits per heavy atom. The van der Waals surface area contributed by atoms with Crippen LogP contribution in [0.5, 0.6) is 0 Å². The number of alkyl halides is 3. The molecule has 1 amide bonds. The molecular weight excluding hydrogens is 295 g/mol. The smallest absolute Gasteiger partial charge is 0.354 e. The molecule has 0 saturated heterocycles. The minimum atomic E-state index is -4.50. The Hall–Kier alpha value is -2.31. The first-order valence-corrected chi connectivity index (χ1v) is 6.78. The normalized spacial score (nSPS) is 12.9. The maximum absolute atomic E-state index is 12.4. The Labute approximate surface area is 125 Å². The van der Waals surface area contributed by atoms with Crippen molar-refractivity contribution in [3.8, 4) is 0 Å². The van der Waals surface area contributed by atoms with E-state index in [1.54, 1.807) is 0 Å². The first-order chi connectivity index (χ1) is 10.4. The van der Waals surface area contributed by atoms with E-state index in [2.05, 4.69) is 10.4 Å². The zero-order chi connectivity index (χ0) is 16.2. The van der Waals surface area contributed by atoms with Gasteiger partial charge in [0, 0.05) is 12.7 Å². The number of amides is 1. The van der Waals surface area contributed by atoms with Crippen molar-refractivity contribution in [3.63, 3.8) is 0 Å². The summed E-state index contributed by atoms with van der Waals surface area (Å²) in [7, 11) is 0. The Morgan fingerprint density at radius 2 is 1.95 bits per heavy atom. The van der Waals surface area contributed by atoms with Crippen molar-refractivity contribution in [3.05, 3.63) is 53.9 Å². The molecular formula is C15H16F3N3O. The average molecular weight is 311 g/mol. The molecule has 0 radical (unpaired) electrons. The standard InChI is InChI=1S/C15H16F3N3O/c1-11(12-5-3-2-4-6-12)9-19-14(22)10-21-8-7-13(20-21)15(16,17)18/h2-8,11H,9-10H2,1H3,(H,19,22). The minimum absolute atomic E-state index is 0.119. The predicted octanol–water partition coefficient (Wildman–Crippen LogP) is 2.82. The number of hydrogen-bond acceptors (Lipinski definition) is 2. The van der Waals surface area contributed by atoms with E-state index < -0.39 is 11.9 Å². The summed E-state index contributed by atoms with van der Waals surface area (Å²) in [6, 6.07) is 10.5. The van der Waals surface area contributed by atoms with E-state index >= 15 is 0 Å². The summed E-state index contributed by atoms with van der Waals surface area (Å²) in [4.78, 5) is 11.8. The van der Waals surface area contributed by atoms with Crippen molar-refractivity contribution in [1.29, 1.82) is 0 Å². The van der Waals surface area contributed by atoms with E-state index in [1.165, 1.54) is 0 Å². The van der Waals surface area contributed by atoms with E-state index in [0.29, 0.717) is 6.54 Å². The van der Waals surface area contributed by atoms with Crippen molar-refractivity contribution in [2.45, 2.75) is 25.6 Å². The Morgan fingerprint density at radius 3 is 2.55 bits per heavy atom. The highest BCUT2D eigenvalue weighted by molar-refractivity contribution is 5.75. The third-order valence-electron chi connectivity index (χ3n) is 3.21. The highest BCUT2D eigenvalue weighted by Crippen LogP contribution is 2.27. The van der Waals surface area contributed by atoms with Gasteiger partial charge in [-0.1, -0.05) is 37.3 Å². The van der Waals surface area contributed by atoms with Crippen LogP contribution in [-0.2, 0) is 17.5 Å². The zero-order valence-corrected chi connectivity index (χ0v) is 12.0. The van der Waals surface area contributed by atoms with E-state index in [9.17, 15) is 18.0 Å². The van der Waals surface area contributed by atoms with Crippen molar-refractivity contribution in [1.82, 2.24) is 15.1 Å². The zero-order valence-electron chi connectivity index (χ0n) is 12.0. The van der Waals surface area contributed by atoms with Gasteiger partial charge in [0.05, 0.1) is 0 Å². The summed E-state index contributed by atoms with van der Waals surface area (Å²) in [6.07, 6.45) is -3.35. The average Bonchev–Trinajstić information content (AvgIpc) is 2.94. The lowest BCUT2D eigenvalue weighted by atomic mass is 10.0. The van der Waals surface area contributed by atoms with Gasteiger partial charge in [-0.15, -0.1) is 0 Å². The van der Waals surface area contributed by atoms with Gasteiger partial charge in [0.15, 0.2) is 5.69 Å². The van der Waals surface area contributed by atoms with Crippen LogP contribution in [0.2, 0.25) is 0 Å². The molecule has 1 aromatic heterocycles. The van der Waals surface area contributed by atoms with Gasteiger partial charge in [-0.2, -0.15) is 18.3 Å². The summed E-state index contributed by atoms with van der Waals surface area (Å²) in [5.74, 6) is -0.256. The van der Waals surface area contributed by atoms with Gasteiger partial charge < -0.3 is 5.32 Å². The van der Waals surface area contributed by atoms with Gasteiger partial charge in [-0.05, 0) is 17.5 Å². The van der Waals surface area contributed by atoms with Gasteiger partial charge in [0.1, 0.15) is 6.54 Å². The Bertz CT molecular complexity index is 622. The fourth-order valence-corrected chi connectivity index (χ4v) is 1.97. The number of benzene rings is 1. The van der Waals surface area contributed by atoms with Crippen molar-refractivity contribution >= 4 is 5.91 Å². The maximum Gasteiger partial charge on any atom is 0.435 e. The molecule has 118 valence electrons. The summed E-state index contributed by atoms with van der Waals surface area (Å²) in [5, 5.41) is 6.03. The summed E-state index contributed by atoms with van der Waals surface area (Å²) in [6.45, 7) is 2.14. The van der Waals surface area contributed by atoms with Gasteiger partial charge in [-0.3, -0.25) is 9.48 Å². The van der Waals surface area contributed by atoms with Crippen LogP contribution in [-0.4, -0.2) is 22.2 Å². The van der Waals surface area contributed by atoms with Crippen molar-refractivity contribution in [2.75, 3.05) is 6.54 Å². The fourth-order valence-electron chi connectivity index (χ4n) is 1.97. The molecule has 0 aliphatic heterocycles. The molecule has 22 heavy (non-hydrogen) atoms. The monoisotopic (exact) mass is 311 g/mol. The van der Waals surface area contributed by atoms with Crippen LogP contribution in [0.25, 0.3) is 0 Å². The molecule has 0 aliphatic rings. The lowest BCUT2D eigenvalue weighted by molar-refractivity contribution is -0.141. The minimum Gasteiger partial charge on any atom is -0.354 e. The number of nitrogens with zero attached hydrogens (tertiary/aromatic N) is 2. The van der Waals surface area contributed by atoms with Crippen LogP contribution in [0.4, 0.5) is 13.2 Å². The first kappa shape index (κ1) is 16.1. The number of carbonyl (C=O) groups excluding carboxylic acids is 1. The SMILES string of the molecule is CC(CNC(=O)Cn1ccc(C(F)(F)F)n1)c1ccccc1. The molecule has 0 saturated carbocycles. The molecule has 1 unspecified atom stereocenters. The second kappa shape index (κ2) is 6.64. The topological polar surface area (TPSA) is 46.9 Å². The third kappa shape index (κ3) is 4.34. The molecule has 0 spiro atoms. The molecule has 1 atom stereocenters. The van der Waals surface area contributed by atoms with Crippen LogP contribution in [0.15, 0.2) is 42.6 Å². The maximum atomic E-state index is 12.4. The highest BCUT2D eigenvalue weighted by atomic mass is 19.4. The third-order valence-corrected chi connectivity index (χ3v) is 3.21. The summed E-state index contributed by atoms with van der Waals surface area (Å²) >= 11 is 0. The predicted molar refractivity (Wildman–Crippen MR) is 75.1 cm³/mol. The van der Waals surface area contributed by atoms with Crippen LogP contribution < -0.4 is 5.32 Å². The van der Waals surface area contributed by atoms with Gasteiger partial charge in [0.2, 0.25) is 5.91 Å². The van der Waals surface area contributed by atoms with Gasteiger partial charge in [-0.25, -0.2) is 0 Å². The molecule has 0 fully saturated rings. The number of rotatable bonds is 5. The summed E-state index contributed by atoms with van der Waals surface area (Å²) < 4.78 is 38.2. The number of nitrogens with one attached hydrogen (secondary N) is 1. The fraction of sp³-hybridized carbons (Fsp3) is 0.333. The first-order valence-electron chi connectivity index (χ1n) is 6.78. The van der Waals surface area contributed by atoms with Crippen LogP contribution in [0.1, 0.15) is 24.1 Å². The van der Waals surface area contributed by atoms with Crippen LogP contribution in [0, 0.1) is 0 Å². The van der Waals surface area contributed by atoms with E-state index in [4.69, 9.17) is 0 Å². The van der Waals surface area contributed by atoms with E-state index in [1.807, 2.05) is 37.3 Å². The largest absolute Gasteiger partial charge is 0.435 e. The second-order valence-electron chi connectivity index (χ2n) is 5.01. The second-order valence-corrected chi connectivity index (χ2v) is 5.01. The molecule has 1 aromatic carbocycles. The molecule has 0 aliphatic carbocycles. The molecule has 0 bridgehead atoms. The van der Waals surface area contributed by atoms with Gasteiger partial charge >= 0.3 is 6.18 Å². The number of halogens is 3. The number of carbonyl (C=O) groups is 1. The summed E-state index contributed by atoms with van der Waals surface area (Å²) in [5.41, 5.74) is 0.0826. The molecule has 2 rings (SSSR count). The quantitative estimate of drug-likeness (QED) is 0.923. The number of hydrogen-bond donors (Lipinski definition) is 1. The van der Waals surface area contributed by atoms with E-state index in [-0.39, 0.29) is 18.4 Å². The lowest BCUT2D eigenvalue weighted by Gasteiger charge is -2.13. The van der Waals surface area contributed by atoms with E-state index in [0.717, 1.165) is 22.5 Å². The number of aromatic nitrogens is 2. The Kier molecular flexibility index (Phi) is 4.85. The molecule has 4 nitrogen and oxygen atoms in total. The van der Waals surface area contributed by atoms with Crippen LogP contribution >= 0.6 is 0 Å². The van der Waals surface area contributed by atoms with Crippen molar-refractivity contribution < 1.29 is 18.0 Å². The van der Waals surface area contributed by atoms with Crippen LogP contribution in [0.3, 0.4) is 0 Å². The highest BCUT2D eigenvalue weighted by Gasteiger charge is 2.33. The molecule has 1 N–H and O–H groups in total. The van der Waals surface area contributed by atoms with Gasteiger partial charge in [0.25, 0.3) is 0 Å². The van der Waals surface area contributed by atoms with Crippen molar-refractivity contribution in [2.24, 2.45) is 0 Å². The Balaban J connectivity index is 1.84. The molecule has 1 heterocycles.